The van der Waals surface area contributed by atoms with Crippen molar-refractivity contribution in [3.05, 3.63) is 67.0 Å². The van der Waals surface area contributed by atoms with E-state index in [0.717, 1.165) is 22.4 Å². The lowest BCUT2D eigenvalue weighted by molar-refractivity contribution is 1.25. The first-order valence-corrected chi connectivity index (χ1v) is 8.19. The quantitative estimate of drug-likeness (QED) is 0.434. The minimum Gasteiger partial charge on any atom is -0.254 e. The molecule has 5 rings (SSSR count). The van der Waals surface area contributed by atoms with Crippen LogP contribution in [0.15, 0.2) is 67.0 Å². The SMILES string of the molecule is c1cnc2nc(-c3cc4sc5ccccc5c4cn3)ccc2c1. The molecule has 0 bridgehead atoms. The fourth-order valence-electron chi connectivity index (χ4n) is 2.86. The molecule has 0 atom stereocenters. The Balaban J connectivity index is 1.73. The van der Waals surface area contributed by atoms with Gasteiger partial charge in [-0.05, 0) is 36.4 Å². The second kappa shape index (κ2) is 4.83. The highest BCUT2D eigenvalue weighted by Gasteiger charge is 2.08. The van der Waals surface area contributed by atoms with Gasteiger partial charge in [0.05, 0.1) is 11.4 Å². The van der Waals surface area contributed by atoms with E-state index >= 15 is 0 Å². The lowest BCUT2D eigenvalue weighted by Gasteiger charge is -2.02. The summed E-state index contributed by atoms with van der Waals surface area (Å²) in [5.74, 6) is 0. The van der Waals surface area contributed by atoms with E-state index in [1.54, 1.807) is 17.5 Å². The van der Waals surface area contributed by atoms with Gasteiger partial charge >= 0.3 is 0 Å². The number of nitrogens with zero attached hydrogens (tertiary/aromatic N) is 3. The predicted molar refractivity (Wildman–Crippen MR) is 95.7 cm³/mol. The molecule has 3 nitrogen and oxygen atoms in total. The van der Waals surface area contributed by atoms with Gasteiger partial charge in [0.2, 0.25) is 0 Å². The van der Waals surface area contributed by atoms with Gasteiger partial charge in [-0.25, -0.2) is 9.97 Å². The van der Waals surface area contributed by atoms with Crippen LogP contribution in [0.25, 0.3) is 42.6 Å². The fourth-order valence-corrected chi connectivity index (χ4v) is 3.97. The van der Waals surface area contributed by atoms with Crippen LogP contribution in [0.2, 0.25) is 0 Å². The van der Waals surface area contributed by atoms with Crippen LogP contribution in [0.5, 0.6) is 0 Å². The van der Waals surface area contributed by atoms with E-state index < -0.39 is 0 Å². The molecule has 0 N–H and O–H groups in total. The number of hydrogen-bond donors (Lipinski definition) is 0. The van der Waals surface area contributed by atoms with Crippen LogP contribution in [0.3, 0.4) is 0 Å². The number of thiophene rings is 1. The van der Waals surface area contributed by atoms with Crippen molar-refractivity contribution in [2.75, 3.05) is 0 Å². The predicted octanol–water partition coefficient (Wildman–Crippen LogP) is 5.06. The summed E-state index contributed by atoms with van der Waals surface area (Å²) in [5.41, 5.74) is 2.50. The van der Waals surface area contributed by atoms with E-state index in [4.69, 9.17) is 0 Å². The van der Waals surface area contributed by atoms with Crippen LogP contribution in [0.4, 0.5) is 0 Å². The van der Waals surface area contributed by atoms with Crippen molar-refractivity contribution >= 4 is 42.5 Å². The molecule has 4 heterocycles. The number of benzene rings is 1. The van der Waals surface area contributed by atoms with Crippen molar-refractivity contribution in [3.8, 4) is 11.4 Å². The molecule has 5 aromatic rings. The van der Waals surface area contributed by atoms with Gasteiger partial charge in [-0.1, -0.05) is 18.2 Å². The summed E-state index contributed by atoms with van der Waals surface area (Å²) in [6.45, 7) is 0. The molecular formula is C19H11N3S. The van der Waals surface area contributed by atoms with Gasteiger partial charge in [-0.3, -0.25) is 4.98 Å². The minimum atomic E-state index is 0.753. The van der Waals surface area contributed by atoms with Gasteiger partial charge < -0.3 is 0 Å². The van der Waals surface area contributed by atoms with Crippen LogP contribution < -0.4 is 0 Å². The highest BCUT2D eigenvalue weighted by molar-refractivity contribution is 7.25. The first-order valence-electron chi connectivity index (χ1n) is 7.38. The van der Waals surface area contributed by atoms with Gasteiger partial charge in [0, 0.05) is 38.0 Å². The average Bonchev–Trinajstić information content (AvgIpc) is 2.99. The lowest BCUT2D eigenvalue weighted by Crippen LogP contribution is -1.89. The summed E-state index contributed by atoms with van der Waals surface area (Å²) in [6.07, 6.45) is 3.72. The first-order chi connectivity index (χ1) is 11.4. The number of aromatic nitrogens is 3. The molecule has 1 aromatic carbocycles. The molecule has 0 saturated heterocycles. The summed E-state index contributed by atoms with van der Waals surface area (Å²) in [7, 11) is 0. The first kappa shape index (κ1) is 12.7. The Kier molecular flexibility index (Phi) is 2.66. The maximum absolute atomic E-state index is 4.64. The van der Waals surface area contributed by atoms with Crippen molar-refractivity contribution in [1.29, 1.82) is 0 Å². The van der Waals surface area contributed by atoms with Crippen LogP contribution >= 0.6 is 11.3 Å². The zero-order valence-electron chi connectivity index (χ0n) is 12.1. The molecule has 4 heteroatoms. The number of pyridine rings is 3. The Morgan fingerprint density at radius 2 is 1.70 bits per heavy atom. The Bertz CT molecular complexity index is 1180. The third kappa shape index (κ3) is 1.99. The van der Waals surface area contributed by atoms with Gasteiger partial charge in [0.15, 0.2) is 5.65 Å². The molecule has 108 valence electrons. The zero-order chi connectivity index (χ0) is 15.2. The second-order valence-electron chi connectivity index (χ2n) is 5.41. The van der Waals surface area contributed by atoms with E-state index in [-0.39, 0.29) is 0 Å². The number of hydrogen-bond acceptors (Lipinski definition) is 4. The summed E-state index contributed by atoms with van der Waals surface area (Å²) < 4.78 is 2.52. The van der Waals surface area contributed by atoms with Crippen LogP contribution in [0, 0.1) is 0 Å². The second-order valence-corrected chi connectivity index (χ2v) is 6.49. The average molecular weight is 313 g/mol. The summed E-state index contributed by atoms with van der Waals surface area (Å²) >= 11 is 1.79. The molecule has 23 heavy (non-hydrogen) atoms. The van der Waals surface area contributed by atoms with Crippen molar-refractivity contribution in [2.24, 2.45) is 0 Å². The minimum absolute atomic E-state index is 0.753. The van der Waals surface area contributed by atoms with E-state index in [9.17, 15) is 0 Å². The van der Waals surface area contributed by atoms with E-state index in [1.807, 2.05) is 30.5 Å². The summed E-state index contributed by atoms with van der Waals surface area (Å²) in [6, 6.07) is 18.5. The summed E-state index contributed by atoms with van der Waals surface area (Å²) in [5, 5.41) is 3.51. The van der Waals surface area contributed by atoms with Crippen LogP contribution in [0.1, 0.15) is 0 Å². The van der Waals surface area contributed by atoms with E-state index in [0.29, 0.717) is 0 Å². The molecule has 0 unspecified atom stereocenters. The monoisotopic (exact) mass is 313 g/mol. The molecule has 0 amide bonds. The highest BCUT2D eigenvalue weighted by Crippen LogP contribution is 2.34. The molecule has 0 aliphatic carbocycles. The molecule has 0 fully saturated rings. The van der Waals surface area contributed by atoms with E-state index in [1.165, 1.54) is 20.2 Å². The fraction of sp³-hybridized carbons (Fsp3) is 0. The molecule has 0 saturated carbocycles. The third-order valence-electron chi connectivity index (χ3n) is 3.99. The van der Waals surface area contributed by atoms with Crippen molar-refractivity contribution in [2.45, 2.75) is 0 Å². The highest BCUT2D eigenvalue weighted by atomic mass is 32.1. The maximum Gasteiger partial charge on any atom is 0.159 e. The normalized spacial score (nSPS) is 11.5. The molecule has 0 spiro atoms. The van der Waals surface area contributed by atoms with E-state index in [2.05, 4.69) is 45.3 Å². The Hall–Kier alpha value is -2.85. The zero-order valence-corrected chi connectivity index (χ0v) is 12.9. The third-order valence-corrected chi connectivity index (χ3v) is 5.12. The van der Waals surface area contributed by atoms with Crippen molar-refractivity contribution in [3.63, 3.8) is 0 Å². The molecule has 0 radical (unpaired) electrons. The molecule has 0 aliphatic rings. The largest absolute Gasteiger partial charge is 0.254 e. The van der Waals surface area contributed by atoms with Gasteiger partial charge in [0.1, 0.15) is 0 Å². The number of fused-ring (bicyclic) bond motifs is 4. The van der Waals surface area contributed by atoms with Crippen LogP contribution in [-0.4, -0.2) is 15.0 Å². The lowest BCUT2D eigenvalue weighted by atomic mass is 10.1. The van der Waals surface area contributed by atoms with Crippen molar-refractivity contribution < 1.29 is 0 Å². The number of rotatable bonds is 1. The van der Waals surface area contributed by atoms with Gasteiger partial charge in [0.25, 0.3) is 0 Å². The Morgan fingerprint density at radius 3 is 2.70 bits per heavy atom. The Labute approximate surface area is 136 Å². The standard InChI is InChI=1S/C19H11N3S/c1-2-6-17-13(5-1)14-11-21-16(10-18(14)23-17)15-8-7-12-4-3-9-20-19(12)22-15/h1-11H. The molecule has 0 aliphatic heterocycles. The molecular weight excluding hydrogens is 302 g/mol. The Morgan fingerprint density at radius 1 is 0.739 bits per heavy atom. The molecule has 4 aromatic heterocycles. The van der Waals surface area contributed by atoms with Crippen molar-refractivity contribution in [1.82, 2.24) is 15.0 Å². The van der Waals surface area contributed by atoms with Gasteiger partial charge in [-0.2, -0.15) is 0 Å². The summed E-state index contributed by atoms with van der Waals surface area (Å²) in [4.78, 5) is 13.6. The maximum atomic E-state index is 4.64. The smallest absolute Gasteiger partial charge is 0.159 e. The van der Waals surface area contributed by atoms with Gasteiger partial charge in [-0.15, -0.1) is 11.3 Å². The topological polar surface area (TPSA) is 38.7 Å². The van der Waals surface area contributed by atoms with Crippen LogP contribution in [-0.2, 0) is 0 Å².